The standard InChI is InChI=1S/C20H27NO3/c1-18-8-5-13(22)11-12(18)3-4-14-15(18)6-9-19(2)16(14)7-10-20(19,24)17(21)23/h5,8,11,14-16,24H,3-4,6-7,9-10H2,1-2H3,(H2,21,23)/t14-,15+,16+,18+,19+,20+/m1/s1. The molecule has 4 nitrogen and oxygen atoms in total. The molecule has 24 heavy (non-hydrogen) atoms. The third-order valence-electron chi connectivity index (χ3n) is 8.12. The van der Waals surface area contributed by atoms with Crippen molar-refractivity contribution in [3.05, 3.63) is 23.8 Å². The molecular formula is C20H27NO3. The van der Waals surface area contributed by atoms with Gasteiger partial charge in [0.05, 0.1) is 0 Å². The zero-order valence-corrected chi connectivity index (χ0v) is 14.5. The summed E-state index contributed by atoms with van der Waals surface area (Å²) in [5, 5.41) is 11.0. The molecule has 0 spiro atoms. The Morgan fingerprint density at radius 1 is 1.21 bits per heavy atom. The van der Waals surface area contributed by atoms with Crippen molar-refractivity contribution in [2.75, 3.05) is 0 Å². The molecule has 3 fully saturated rings. The van der Waals surface area contributed by atoms with Gasteiger partial charge in [0.25, 0.3) is 0 Å². The Kier molecular flexibility index (Phi) is 3.22. The van der Waals surface area contributed by atoms with Crippen molar-refractivity contribution in [2.24, 2.45) is 34.3 Å². The molecule has 0 unspecified atom stereocenters. The Morgan fingerprint density at radius 2 is 1.92 bits per heavy atom. The second kappa shape index (κ2) is 4.81. The molecule has 6 atom stereocenters. The van der Waals surface area contributed by atoms with Crippen LogP contribution in [0.3, 0.4) is 0 Å². The highest BCUT2D eigenvalue weighted by molar-refractivity contribution is 6.01. The summed E-state index contributed by atoms with van der Waals surface area (Å²) in [5.74, 6) is 0.840. The van der Waals surface area contributed by atoms with Gasteiger partial charge in [0.1, 0.15) is 5.60 Å². The Hall–Kier alpha value is -1.42. The summed E-state index contributed by atoms with van der Waals surface area (Å²) in [6.07, 6.45) is 10.8. The topological polar surface area (TPSA) is 80.4 Å². The van der Waals surface area contributed by atoms with Crippen LogP contribution in [0, 0.1) is 28.6 Å². The van der Waals surface area contributed by atoms with Gasteiger partial charge >= 0.3 is 0 Å². The lowest BCUT2D eigenvalue weighted by molar-refractivity contribution is -0.159. The number of aliphatic hydroxyl groups is 1. The molecule has 4 aliphatic rings. The van der Waals surface area contributed by atoms with Gasteiger partial charge in [-0.2, -0.15) is 0 Å². The fourth-order valence-corrected chi connectivity index (χ4v) is 6.62. The number of hydrogen-bond donors (Lipinski definition) is 2. The first-order valence-corrected chi connectivity index (χ1v) is 9.19. The van der Waals surface area contributed by atoms with Crippen molar-refractivity contribution in [1.29, 1.82) is 0 Å². The summed E-state index contributed by atoms with van der Waals surface area (Å²) in [5.41, 5.74) is 5.04. The summed E-state index contributed by atoms with van der Waals surface area (Å²) >= 11 is 0. The lowest BCUT2D eigenvalue weighted by Crippen LogP contribution is -2.59. The van der Waals surface area contributed by atoms with Gasteiger partial charge in [0, 0.05) is 10.8 Å². The average Bonchev–Trinajstić information content (AvgIpc) is 2.81. The molecule has 4 rings (SSSR count). The number of carbonyl (C=O) groups is 2. The van der Waals surface area contributed by atoms with Gasteiger partial charge in [-0.3, -0.25) is 9.59 Å². The summed E-state index contributed by atoms with van der Waals surface area (Å²) in [6, 6.07) is 0. The predicted molar refractivity (Wildman–Crippen MR) is 90.8 cm³/mol. The molecule has 0 saturated heterocycles. The molecule has 4 heteroatoms. The highest BCUT2D eigenvalue weighted by Gasteiger charge is 2.65. The van der Waals surface area contributed by atoms with Crippen LogP contribution in [0.15, 0.2) is 23.8 Å². The number of ketones is 1. The molecule has 130 valence electrons. The van der Waals surface area contributed by atoms with E-state index in [4.69, 9.17) is 5.73 Å². The summed E-state index contributed by atoms with van der Waals surface area (Å²) < 4.78 is 0. The summed E-state index contributed by atoms with van der Waals surface area (Å²) in [7, 11) is 0. The summed E-state index contributed by atoms with van der Waals surface area (Å²) in [4.78, 5) is 23.8. The van der Waals surface area contributed by atoms with Crippen LogP contribution in [0.1, 0.15) is 52.4 Å². The maximum atomic E-state index is 12.0. The fourth-order valence-electron chi connectivity index (χ4n) is 6.62. The largest absolute Gasteiger partial charge is 0.379 e. The van der Waals surface area contributed by atoms with Crippen molar-refractivity contribution in [3.63, 3.8) is 0 Å². The molecule has 0 radical (unpaired) electrons. The lowest BCUT2D eigenvalue weighted by atomic mass is 9.47. The van der Waals surface area contributed by atoms with Gasteiger partial charge in [-0.25, -0.2) is 0 Å². The second-order valence-electron chi connectivity index (χ2n) is 8.82. The smallest absolute Gasteiger partial charge is 0.249 e. The zero-order chi connectivity index (χ0) is 17.3. The summed E-state index contributed by atoms with van der Waals surface area (Å²) in [6.45, 7) is 4.33. The zero-order valence-electron chi connectivity index (χ0n) is 14.5. The van der Waals surface area contributed by atoms with Crippen molar-refractivity contribution in [3.8, 4) is 0 Å². The minimum Gasteiger partial charge on any atom is -0.379 e. The first kappa shape index (κ1) is 16.1. The van der Waals surface area contributed by atoms with E-state index in [1.165, 1.54) is 5.57 Å². The van der Waals surface area contributed by atoms with Crippen LogP contribution in [-0.4, -0.2) is 22.4 Å². The maximum Gasteiger partial charge on any atom is 0.249 e. The van der Waals surface area contributed by atoms with E-state index in [-0.39, 0.29) is 11.2 Å². The highest BCUT2D eigenvalue weighted by Crippen LogP contribution is 2.66. The van der Waals surface area contributed by atoms with Gasteiger partial charge in [0.2, 0.25) is 5.91 Å². The van der Waals surface area contributed by atoms with Crippen LogP contribution in [0.2, 0.25) is 0 Å². The Labute approximate surface area is 143 Å². The van der Waals surface area contributed by atoms with Gasteiger partial charge in [-0.05, 0) is 68.4 Å². The van der Waals surface area contributed by atoms with E-state index in [1.807, 2.05) is 6.08 Å². The number of allylic oxidation sites excluding steroid dienone is 4. The van der Waals surface area contributed by atoms with Crippen LogP contribution < -0.4 is 5.73 Å². The molecule has 1 amide bonds. The minimum absolute atomic E-state index is 0.0500. The lowest BCUT2D eigenvalue weighted by Gasteiger charge is -2.57. The number of hydrogen-bond acceptors (Lipinski definition) is 3. The molecule has 0 heterocycles. The number of fused-ring (bicyclic) bond motifs is 5. The van der Waals surface area contributed by atoms with E-state index in [0.717, 1.165) is 32.1 Å². The third-order valence-corrected chi connectivity index (χ3v) is 8.12. The van der Waals surface area contributed by atoms with Gasteiger partial charge in [-0.15, -0.1) is 0 Å². The van der Waals surface area contributed by atoms with Gasteiger partial charge in [0.15, 0.2) is 5.78 Å². The monoisotopic (exact) mass is 329 g/mol. The van der Waals surface area contributed by atoms with Crippen molar-refractivity contribution in [1.82, 2.24) is 0 Å². The van der Waals surface area contributed by atoms with Crippen LogP contribution in [-0.2, 0) is 9.59 Å². The van der Waals surface area contributed by atoms with Crippen molar-refractivity contribution in [2.45, 2.75) is 58.0 Å². The second-order valence-corrected chi connectivity index (χ2v) is 8.82. The van der Waals surface area contributed by atoms with Crippen LogP contribution in [0.5, 0.6) is 0 Å². The third kappa shape index (κ3) is 1.78. The molecule has 4 aliphatic carbocycles. The number of amides is 1. The Balaban J connectivity index is 1.71. The Bertz CT molecular complexity index is 680. The molecule has 3 saturated carbocycles. The molecule has 0 bridgehead atoms. The normalized spacial score (nSPS) is 49.9. The number of rotatable bonds is 1. The van der Waals surface area contributed by atoms with Crippen molar-refractivity contribution < 1.29 is 14.7 Å². The molecule has 3 N–H and O–H groups in total. The van der Waals surface area contributed by atoms with Gasteiger partial charge < -0.3 is 10.8 Å². The highest BCUT2D eigenvalue weighted by atomic mass is 16.3. The Morgan fingerprint density at radius 3 is 2.62 bits per heavy atom. The van der Waals surface area contributed by atoms with Gasteiger partial charge in [-0.1, -0.05) is 25.5 Å². The van der Waals surface area contributed by atoms with Crippen LogP contribution in [0.4, 0.5) is 0 Å². The molecule has 0 aromatic carbocycles. The van der Waals surface area contributed by atoms with E-state index in [9.17, 15) is 14.7 Å². The van der Waals surface area contributed by atoms with E-state index in [2.05, 4.69) is 19.9 Å². The molecule has 0 aromatic heterocycles. The number of carbonyl (C=O) groups excluding carboxylic acids is 2. The minimum atomic E-state index is -1.36. The first-order valence-electron chi connectivity index (χ1n) is 9.19. The maximum absolute atomic E-state index is 12.0. The quantitative estimate of drug-likeness (QED) is 0.775. The van der Waals surface area contributed by atoms with Crippen molar-refractivity contribution >= 4 is 11.7 Å². The fraction of sp³-hybridized carbons (Fsp3) is 0.700. The van der Waals surface area contributed by atoms with E-state index in [1.54, 1.807) is 6.08 Å². The predicted octanol–water partition coefficient (Wildman–Crippen LogP) is 2.51. The van der Waals surface area contributed by atoms with E-state index < -0.39 is 16.9 Å². The number of primary amides is 1. The average molecular weight is 329 g/mol. The SMILES string of the molecule is C[C@]12C=CC(=O)C=C1CC[C@@H]1[C@@H]2CC[C@@]2(C)[C@H]1CC[C@]2(O)C(N)=O. The van der Waals surface area contributed by atoms with E-state index >= 15 is 0 Å². The number of nitrogens with two attached hydrogens (primary N) is 1. The molecular weight excluding hydrogens is 302 g/mol. The molecule has 0 aromatic rings. The van der Waals surface area contributed by atoms with E-state index in [0.29, 0.717) is 24.2 Å². The van der Waals surface area contributed by atoms with Crippen LogP contribution >= 0.6 is 0 Å². The van der Waals surface area contributed by atoms with Crippen LogP contribution in [0.25, 0.3) is 0 Å². The first-order chi connectivity index (χ1) is 11.2. The molecule has 0 aliphatic heterocycles.